The lowest BCUT2D eigenvalue weighted by Gasteiger charge is -2.05. The van der Waals surface area contributed by atoms with Crippen LogP contribution in [0.1, 0.15) is 0 Å². The highest BCUT2D eigenvalue weighted by Crippen LogP contribution is 2.38. The molecular formula is C13H8BrCl2N3S. The molecule has 1 aromatic carbocycles. The molecule has 0 saturated heterocycles. The maximum Gasteiger partial charge on any atom is 0.222 e. The molecule has 0 aliphatic heterocycles. The van der Waals surface area contributed by atoms with Gasteiger partial charge in [-0.15, -0.1) is 11.8 Å². The average Bonchev–Trinajstić information content (AvgIpc) is 2.85. The van der Waals surface area contributed by atoms with Gasteiger partial charge in [0.2, 0.25) is 5.28 Å². The lowest BCUT2D eigenvalue weighted by molar-refractivity contribution is 1.17. The van der Waals surface area contributed by atoms with Crippen LogP contribution in [0, 0.1) is 0 Å². The lowest BCUT2D eigenvalue weighted by Crippen LogP contribution is -1.88. The smallest absolute Gasteiger partial charge is 0.222 e. The Morgan fingerprint density at radius 3 is 2.85 bits per heavy atom. The van der Waals surface area contributed by atoms with Crippen molar-refractivity contribution in [2.24, 2.45) is 0 Å². The van der Waals surface area contributed by atoms with Crippen LogP contribution >= 0.6 is 50.9 Å². The third-order valence-electron chi connectivity index (χ3n) is 2.93. The summed E-state index contributed by atoms with van der Waals surface area (Å²) in [6.07, 6.45) is 5.44. The number of aromatic amines is 1. The zero-order valence-corrected chi connectivity index (χ0v) is 14.2. The summed E-state index contributed by atoms with van der Waals surface area (Å²) >= 11 is 17.3. The second kappa shape index (κ2) is 5.56. The summed E-state index contributed by atoms with van der Waals surface area (Å²) in [4.78, 5) is 12.5. The number of fused-ring (bicyclic) bond motifs is 1. The third-order valence-corrected chi connectivity index (χ3v) is 5.15. The highest BCUT2D eigenvalue weighted by molar-refractivity contribution is 9.10. The molecule has 0 radical (unpaired) electrons. The Balaban J connectivity index is 2.31. The Kier molecular flexibility index (Phi) is 3.95. The van der Waals surface area contributed by atoms with E-state index in [0.29, 0.717) is 10.7 Å². The Hall–Kier alpha value is -0.750. The molecule has 0 unspecified atom stereocenters. The number of rotatable bonds is 2. The van der Waals surface area contributed by atoms with Crippen molar-refractivity contribution >= 4 is 61.8 Å². The van der Waals surface area contributed by atoms with E-state index >= 15 is 0 Å². The van der Waals surface area contributed by atoms with Gasteiger partial charge in [0, 0.05) is 26.5 Å². The number of hydrogen-bond donors (Lipinski definition) is 1. The van der Waals surface area contributed by atoms with Crippen LogP contribution in [0.5, 0.6) is 0 Å². The van der Waals surface area contributed by atoms with E-state index in [4.69, 9.17) is 23.2 Å². The third kappa shape index (κ3) is 2.33. The minimum Gasteiger partial charge on any atom is -0.360 e. The summed E-state index contributed by atoms with van der Waals surface area (Å²) in [5.41, 5.74) is 2.59. The van der Waals surface area contributed by atoms with Crippen molar-refractivity contribution in [3.05, 3.63) is 39.3 Å². The summed E-state index contributed by atoms with van der Waals surface area (Å²) in [5.74, 6) is 0. The predicted octanol–water partition coefficient (Wildman–Crippen LogP) is 5.42. The normalized spacial score (nSPS) is 11.2. The average molecular weight is 389 g/mol. The fourth-order valence-electron chi connectivity index (χ4n) is 2.08. The Labute approximate surface area is 138 Å². The number of nitrogens with one attached hydrogen (secondary N) is 1. The van der Waals surface area contributed by atoms with Gasteiger partial charge in [0.05, 0.1) is 22.4 Å². The molecule has 7 heteroatoms. The van der Waals surface area contributed by atoms with Gasteiger partial charge >= 0.3 is 0 Å². The molecule has 0 saturated carbocycles. The van der Waals surface area contributed by atoms with Crippen molar-refractivity contribution in [2.75, 3.05) is 6.26 Å². The Bertz CT molecular complexity index is 804. The lowest BCUT2D eigenvalue weighted by atomic mass is 10.1. The second-order valence-corrected chi connectivity index (χ2v) is 6.46. The van der Waals surface area contributed by atoms with Crippen molar-refractivity contribution in [2.45, 2.75) is 4.90 Å². The van der Waals surface area contributed by atoms with E-state index in [1.54, 1.807) is 11.8 Å². The van der Waals surface area contributed by atoms with E-state index in [1.165, 1.54) is 6.20 Å². The van der Waals surface area contributed by atoms with Gasteiger partial charge in [-0.1, -0.05) is 17.7 Å². The zero-order chi connectivity index (χ0) is 14.3. The number of nitrogens with zero attached hydrogens (tertiary/aromatic N) is 2. The van der Waals surface area contributed by atoms with Crippen LogP contribution in [0.3, 0.4) is 0 Å². The molecule has 102 valence electrons. The zero-order valence-electron chi connectivity index (χ0n) is 10.2. The molecule has 0 aliphatic rings. The monoisotopic (exact) mass is 387 g/mol. The van der Waals surface area contributed by atoms with Gasteiger partial charge in [-0.05, 0) is 39.9 Å². The molecule has 1 N–H and O–H groups in total. The maximum atomic E-state index is 6.18. The van der Waals surface area contributed by atoms with Crippen LogP contribution < -0.4 is 0 Å². The number of halogens is 3. The van der Waals surface area contributed by atoms with Crippen LogP contribution in [0.25, 0.3) is 22.2 Å². The first-order valence-electron chi connectivity index (χ1n) is 5.64. The number of aromatic nitrogens is 3. The fourth-order valence-corrected chi connectivity index (χ4v) is 3.86. The summed E-state index contributed by atoms with van der Waals surface area (Å²) < 4.78 is 1.05. The van der Waals surface area contributed by atoms with E-state index in [9.17, 15) is 0 Å². The SMILES string of the molecule is CSc1c(Br)ccc2c(-c3nc(Cl)ncc3Cl)c[nH]c12. The van der Waals surface area contributed by atoms with Crippen molar-refractivity contribution < 1.29 is 0 Å². The fraction of sp³-hybridized carbons (Fsp3) is 0.0769. The molecular weight excluding hydrogens is 381 g/mol. The predicted molar refractivity (Wildman–Crippen MR) is 88.8 cm³/mol. The minimum absolute atomic E-state index is 0.181. The van der Waals surface area contributed by atoms with Gasteiger partial charge in [-0.25, -0.2) is 9.97 Å². The second-order valence-electron chi connectivity index (χ2n) is 4.04. The molecule has 0 bridgehead atoms. The molecule has 3 rings (SSSR count). The van der Waals surface area contributed by atoms with E-state index < -0.39 is 0 Å². The molecule has 3 aromatic rings. The van der Waals surface area contributed by atoms with Crippen LogP contribution in [0.4, 0.5) is 0 Å². The van der Waals surface area contributed by atoms with E-state index in [-0.39, 0.29) is 5.28 Å². The van der Waals surface area contributed by atoms with Crippen LogP contribution in [0.2, 0.25) is 10.3 Å². The van der Waals surface area contributed by atoms with Gasteiger partial charge < -0.3 is 4.98 Å². The van der Waals surface area contributed by atoms with Crippen molar-refractivity contribution in [1.29, 1.82) is 0 Å². The van der Waals surface area contributed by atoms with Crippen molar-refractivity contribution in [3.8, 4) is 11.3 Å². The quantitative estimate of drug-likeness (QED) is 0.471. The highest BCUT2D eigenvalue weighted by atomic mass is 79.9. The molecule has 0 spiro atoms. The summed E-state index contributed by atoms with van der Waals surface area (Å²) in [7, 11) is 0. The molecule has 2 aromatic heterocycles. The molecule has 2 heterocycles. The standard InChI is InChI=1S/C13H8BrCl2N3S/c1-20-12-8(14)3-2-6-7(4-17-11(6)12)10-9(15)5-18-13(16)19-10/h2-5,17H,1H3. The van der Waals surface area contributed by atoms with Crippen LogP contribution in [-0.4, -0.2) is 21.2 Å². The first-order valence-corrected chi connectivity index (χ1v) is 8.41. The van der Waals surface area contributed by atoms with Crippen LogP contribution in [0.15, 0.2) is 33.9 Å². The molecule has 20 heavy (non-hydrogen) atoms. The number of hydrogen-bond acceptors (Lipinski definition) is 3. The van der Waals surface area contributed by atoms with Gasteiger partial charge in [-0.2, -0.15) is 0 Å². The van der Waals surface area contributed by atoms with E-state index in [0.717, 1.165) is 25.8 Å². The first kappa shape index (κ1) is 14.2. The van der Waals surface area contributed by atoms with E-state index in [1.807, 2.05) is 24.6 Å². The molecule has 0 aliphatic carbocycles. The number of H-pyrrole nitrogens is 1. The summed E-state index contributed by atoms with van der Waals surface area (Å²) in [5, 5.41) is 1.71. The summed E-state index contributed by atoms with van der Waals surface area (Å²) in [6.45, 7) is 0. The van der Waals surface area contributed by atoms with E-state index in [2.05, 4.69) is 30.9 Å². The molecule has 0 fully saturated rings. The van der Waals surface area contributed by atoms with Gasteiger partial charge in [0.25, 0.3) is 0 Å². The first-order chi connectivity index (χ1) is 9.61. The number of benzene rings is 1. The maximum absolute atomic E-state index is 6.18. The largest absolute Gasteiger partial charge is 0.360 e. The highest BCUT2D eigenvalue weighted by Gasteiger charge is 2.15. The topological polar surface area (TPSA) is 41.6 Å². The number of thioether (sulfide) groups is 1. The Morgan fingerprint density at radius 2 is 2.10 bits per heavy atom. The molecule has 3 nitrogen and oxygen atoms in total. The molecule has 0 amide bonds. The van der Waals surface area contributed by atoms with Crippen molar-refractivity contribution in [1.82, 2.24) is 15.0 Å². The van der Waals surface area contributed by atoms with Crippen LogP contribution in [-0.2, 0) is 0 Å². The molecule has 0 atom stereocenters. The van der Waals surface area contributed by atoms with Gasteiger partial charge in [0.1, 0.15) is 0 Å². The van der Waals surface area contributed by atoms with Gasteiger partial charge in [-0.3, -0.25) is 0 Å². The van der Waals surface area contributed by atoms with Gasteiger partial charge in [0.15, 0.2) is 0 Å². The summed E-state index contributed by atoms with van der Waals surface area (Å²) in [6, 6.07) is 4.04. The minimum atomic E-state index is 0.181. The van der Waals surface area contributed by atoms with Crippen molar-refractivity contribution in [3.63, 3.8) is 0 Å². The Morgan fingerprint density at radius 1 is 1.30 bits per heavy atom.